The zero-order valence-electron chi connectivity index (χ0n) is 11.4. The molecule has 1 rings (SSSR count). The van der Waals surface area contributed by atoms with Crippen LogP contribution in [0.15, 0.2) is 0 Å². The van der Waals surface area contributed by atoms with E-state index in [1.807, 2.05) is 0 Å². The van der Waals surface area contributed by atoms with E-state index in [4.69, 9.17) is 4.74 Å². The van der Waals surface area contributed by atoms with Crippen LogP contribution in [0.1, 0.15) is 52.9 Å². The predicted molar refractivity (Wildman–Crippen MR) is 69.8 cm³/mol. The second kappa shape index (κ2) is 8.08. The summed E-state index contributed by atoms with van der Waals surface area (Å²) in [6.45, 7) is 11.5. The lowest BCUT2D eigenvalue weighted by atomic mass is 10.1. The first-order valence-corrected chi connectivity index (χ1v) is 7.04. The van der Waals surface area contributed by atoms with Gasteiger partial charge in [-0.2, -0.15) is 0 Å². The highest BCUT2D eigenvalue weighted by Gasteiger charge is 2.09. The molecule has 0 aromatic carbocycles. The quantitative estimate of drug-likeness (QED) is 0.619. The van der Waals surface area contributed by atoms with Crippen LogP contribution in [0, 0.1) is 5.92 Å². The van der Waals surface area contributed by atoms with Crippen molar-refractivity contribution < 1.29 is 4.74 Å². The molecule has 2 nitrogen and oxygen atoms in total. The van der Waals surface area contributed by atoms with E-state index in [-0.39, 0.29) is 0 Å². The van der Waals surface area contributed by atoms with Crippen LogP contribution in [-0.2, 0) is 4.74 Å². The summed E-state index contributed by atoms with van der Waals surface area (Å²) in [7, 11) is 0. The average molecular weight is 227 g/mol. The molecular formula is C14H29NO. The van der Waals surface area contributed by atoms with Crippen molar-refractivity contribution in [1.82, 2.24) is 4.90 Å². The van der Waals surface area contributed by atoms with Crippen molar-refractivity contribution in [1.29, 1.82) is 0 Å². The molecule has 1 fully saturated rings. The zero-order chi connectivity index (χ0) is 11.8. The molecule has 1 saturated heterocycles. The molecule has 0 bridgehead atoms. The van der Waals surface area contributed by atoms with E-state index in [0.29, 0.717) is 12.0 Å². The van der Waals surface area contributed by atoms with Crippen LogP contribution in [-0.4, -0.2) is 37.2 Å². The molecular weight excluding hydrogens is 198 g/mol. The largest absolute Gasteiger partial charge is 0.378 e. The van der Waals surface area contributed by atoms with Gasteiger partial charge in [-0.25, -0.2) is 0 Å². The Labute approximate surface area is 101 Å². The number of rotatable bonds is 7. The number of hydrogen-bond acceptors (Lipinski definition) is 2. The minimum absolute atomic E-state index is 0.412. The van der Waals surface area contributed by atoms with Gasteiger partial charge in [0.15, 0.2) is 0 Å². The number of unbranched alkanes of at least 4 members (excludes halogenated alkanes) is 1. The maximum Gasteiger partial charge on any atom is 0.0569 e. The first-order chi connectivity index (χ1) is 7.70. The van der Waals surface area contributed by atoms with Crippen molar-refractivity contribution in [2.75, 3.05) is 26.2 Å². The van der Waals surface area contributed by atoms with Crippen molar-refractivity contribution in [2.45, 2.75) is 59.0 Å². The summed E-state index contributed by atoms with van der Waals surface area (Å²) in [6.07, 6.45) is 7.17. The maximum atomic E-state index is 5.77. The van der Waals surface area contributed by atoms with Gasteiger partial charge in [-0.1, -0.05) is 20.3 Å². The van der Waals surface area contributed by atoms with Crippen LogP contribution in [0.25, 0.3) is 0 Å². The van der Waals surface area contributed by atoms with Crippen LogP contribution < -0.4 is 0 Å². The second-order valence-electron chi connectivity index (χ2n) is 5.43. The lowest BCUT2D eigenvalue weighted by Crippen LogP contribution is -2.30. The Balaban J connectivity index is 1.91. The average Bonchev–Trinajstić information content (AvgIpc) is 2.29. The summed E-state index contributed by atoms with van der Waals surface area (Å²) in [6, 6.07) is 0. The van der Waals surface area contributed by atoms with Gasteiger partial charge in [-0.15, -0.1) is 0 Å². The van der Waals surface area contributed by atoms with Crippen LogP contribution in [0.5, 0.6) is 0 Å². The standard InChI is InChI=1S/C14H29NO/c1-13(2)14(3)16-12-8-7-11-15-9-5-4-6-10-15/h13-14H,4-12H2,1-3H3/t14-/m1/s1. The molecule has 1 atom stereocenters. The van der Waals surface area contributed by atoms with Gasteiger partial charge in [-0.05, 0) is 58.2 Å². The molecule has 1 aliphatic heterocycles. The van der Waals surface area contributed by atoms with Gasteiger partial charge >= 0.3 is 0 Å². The number of piperidine rings is 1. The molecule has 0 spiro atoms. The lowest BCUT2D eigenvalue weighted by molar-refractivity contribution is 0.0321. The molecule has 96 valence electrons. The Morgan fingerprint density at radius 2 is 1.69 bits per heavy atom. The van der Waals surface area contributed by atoms with E-state index in [0.717, 1.165) is 6.61 Å². The lowest BCUT2D eigenvalue weighted by Gasteiger charge is -2.26. The normalized spacial score (nSPS) is 20.2. The van der Waals surface area contributed by atoms with E-state index in [1.165, 1.54) is 51.7 Å². The zero-order valence-corrected chi connectivity index (χ0v) is 11.4. The molecule has 2 heteroatoms. The number of nitrogens with zero attached hydrogens (tertiary/aromatic N) is 1. The molecule has 0 radical (unpaired) electrons. The summed E-state index contributed by atoms with van der Waals surface area (Å²) in [5.41, 5.74) is 0. The molecule has 0 unspecified atom stereocenters. The molecule has 0 N–H and O–H groups in total. The first kappa shape index (κ1) is 14.0. The van der Waals surface area contributed by atoms with Crippen molar-refractivity contribution in [3.63, 3.8) is 0 Å². The third-order valence-corrected chi connectivity index (χ3v) is 3.64. The Hall–Kier alpha value is -0.0800. The topological polar surface area (TPSA) is 12.5 Å². The van der Waals surface area contributed by atoms with Crippen LogP contribution in [0.4, 0.5) is 0 Å². The molecule has 0 aliphatic carbocycles. The van der Waals surface area contributed by atoms with Gasteiger partial charge in [0.25, 0.3) is 0 Å². The Bertz CT molecular complexity index is 164. The Kier molecular flexibility index (Phi) is 7.06. The van der Waals surface area contributed by atoms with Gasteiger partial charge in [0.2, 0.25) is 0 Å². The summed E-state index contributed by atoms with van der Waals surface area (Å²) in [4.78, 5) is 2.61. The van der Waals surface area contributed by atoms with E-state index in [2.05, 4.69) is 25.7 Å². The number of ether oxygens (including phenoxy) is 1. The van der Waals surface area contributed by atoms with Crippen LogP contribution in [0.3, 0.4) is 0 Å². The summed E-state index contributed by atoms with van der Waals surface area (Å²) >= 11 is 0. The fourth-order valence-electron chi connectivity index (χ4n) is 2.08. The first-order valence-electron chi connectivity index (χ1n) is 7.04. The molecule has 16 heavy (non-hydrogen) atoms. The number of likely N-dealkylation sites (tertiary alicyclic amines) is 1. The second-order valence-corrected chi connectivity index (χ2v) is 5.43. The molecule has 1 aliphatic rings. The molecule has 0 amide bonds. The highest BCUT2D eigenvalue weighted by atomic mass is 16.5. The highest BCUT2D eigenvalue weighted by Crippen LogP contribution is 2.10. The minimum atomic E-state index is 0.412. The predicted octanol–water partition coefficient (Wildman–Crippen LogP) is 3.31. The Morgan fingerprint density at radius 1 is 1.00 bits per heavy atom. The van der Waals surface area contributed by atoms with Crippen LogP contribution in [0.2, 0.25) is 0 Å². The molecule has 0 aromatic rings. The smallest absolute Gasteiger partial charge is 0.0569 e. The van der Waals surface area contributed by atoms with E-state index < -0.39 is 0 Å². The third-order valence-electron chi connectivity index (χ3n) is 3.64. The van der Waals surface area contributed by atoms with E-state index in [1.54, 1.807) is 0 Å². The van der Waals surface area contributed by atoms with Gasteiger partial charge in [-0.3, -0.25) is 0 Å². The van der Waals surface area contributed by atoms with E-state index in [9.17, 15) is 0 Å². The fourth-order valence-corrected chi connectivity index (χ4v) is 2.08. The van der Waals surface area contributed by atoms with Crippen LogP contribution >= 0.6 is 0 Å². The van der Waals surface area contributed by atoms with Gasteiger partial charge in [0, 0.05) is 6.61 Å². The van der Waals surface area contributed by atoms with E-state index >= 15 is 0 Å². The summed E-state index contributed by atoms with van der Waals surface area (Å²) < 4.78 is 5.77. The molecule has 0 aromatic heterocycles. The van der Waals surface area contributed by atoms with Crippen molar-refractivity contribution in [2.24, 2.45) is 5.92 Å². The van der Waals surface area contributed by atoms with Gasteiger partial charge < -0.3 is 9.64 Å². The van der Waals surface area contributed by atoms with Gasteiger partial charge in [0.1, 0.15) is 0 Å². The van der Waals surface area contributed by atoms with Gasteiger partial charge in [0.05, 0.1) is 6.10 Å². The maximum absolute atomic E-state index is 5.77. The molecule has 0 saturated carbocycles. The molecule has 1 heterocycles. The minimum Gasteiger partial charge on any atom is -0.378 e. The highest BCUT2D eigenvalue weighted by molar-refractivity contribution is 4.64. The summed E-state index contributed by atoms with van der Waals surface area (Å²) in [5, 5.41) is 0. The van der Waals surface area contributed by atoms with Crippen molar-refractivity contribution >= 4 is 0 Å². The monoisotopic (exact) mass is 227 g/mol. The SMILES string of the molecule is CC(C)[C@@H](C)OCCCCN1CCCCC1. The fraction of sp³-hybridized carbons (Fsp3) is 1.00. The third kappa shape index (κ3) is 5.86. The van der Waals surface area contributed by atoms with Crippen molar-refractivity contribution in [3.05, 3.63) is 0 Å². The van der Waals surface area contributed by atoms with Crippen molar-refractivity contribution in [3.8, 4) is 0 Å². The summed E-state index contributed by atoms with van der Waals surface area (Å²) in [5.74, 6) is 0.641. The Morgan fingerprint density at radius 3 is 2.31 bits per heavy atom. The number of hydrogen-bond donors (Lipinski definition) is 0.